The van der Waals surface area contributed by atoms with Crippen LogP contribution in [0.5, 0.6) is 0 Å². The van der Waals surface area contributed by atoms with Crippen molar-refractivity contribution < 1.29 is 4.84 Å². The summed E-state index contributed by atoms with van der Waals surface area (Å²) >= 11 is 0. The van der Waals surface area contributed by atoms with Crippen molar-refractivity contribution in [3.8, 4) is 6.07 Å². The number of aryl methyl sites for hydroxylation is 1. The molecular weight excluding hydrogens is 164 g/mol. The molecule has 0 bridgehead atoms. The van der Waals surface area contributed by atoms with Crippen molar-refractivity contribution >= 4 is 5.69 Å². The van der Waals surface area contributed by atoms with Crippen LogP contribution in [-0.2, 0) is 4.84 Å². The molecule has 3 heteroatoms. The second-order valence-electron chi connectivity index (χ2n) is 2.68. The maximum Gasteiger partial charge on any atom is 0.0991 e. The molecule has 0 heterocycles. The molecule has 0 radical (unpaired) electrons. The van der Waals surface area contributed by atoms with Gasteiger partial charge in [0.05, 0.1) is 23.9 Å². The molecule has 0 saturated heterocycles. The third-order valence-corrected chi connectivity index (χ3v) is 1.68. The lowest BCUT2D eigenvalue weighted by atomic mass is 10.1. The summed E-state index contributed by atoms with van der Waals surface area (Å²) in [6.07, 6.45) is 0. The molecule has 0 fully saturated rings. The molecule has 0 saturated carbocycles. The van der Waals surface area contributed by atoms with Crippen LogP contribution in [-0.4, -0.2) is 6.61 Å². The zero-order valence-electron chi connectivity index (χ0n) is 7.79. The van der Waals surface area contributed by atoms with Crippen LogP contribution < -0.4 is 5.48 Å². The first kappa shape index (κ1) is 9.56. The first-order valence-corrected chi connectivity index (χ1v) is 4.16. The van der Waals surface area contributed by atoms with Crippen LogP contribution in [0.3, 0.4) is 0 Å². The lowest BCUT2D eigenvalue weighted by Crippen LogP contribution is -2.01. The molecule has 1 aromatic rings. The van der Waals surface area contributed by atoms with Gasteiger partial charge in [-0.1, -0.05) is 0 Å². The molecule has 68 valence electrons. The zero-order chi connectivity index (χ0) is 9.68. The summed E-state index contributed by atoms with van der Waals surface area (Å²) < 4.78 is 0. The van der Waals surface area contributed by atoms with Gasteiger partial charge in [0.2, 0.25) is 0 Å². The highest BCUT2D eigenvalue weighted by Gasteiger charge is 1.98. The Morgan fingerprint density at radius 1 is 1.54 bits per heavy atom. The summed E-state index contributed by atoms with van der Waals surface area (Å²) in [5.74, 6) is 0. The van der Waals surface area contributed by atoms with Crippen molar-refractivity contribution in [3.63, 3.8) is 0 Å². The van der Waals surface area contributed by atoms with Crippen molar-refractivity contribution in [1.82, 2.24) is 0 Å². The lowest BCUT2D eigenvalue weighted by Gasteiger charge is -2.07. The molecule has 1 N–H and O–H groups in total. The van der Waals surface area contributed by atoms with E-state index in [1.54, 1.807) is 6.07 Å². The van der Waals surface area contributed by atoms with Gasteiger partial charge < -0.3 is 0 Å². The number of hydrogen-bond donors (Lipinski definition) is 1. The Kier molecular flexibility index (Phi) is 3.30. The van der Waals surface area contributed by atoms with Gasteiger partial charge in [0.1, 0.15) is 0 Å². The largest absolute Gasteiger partial charge is 0.276 e. The Balaban J connectivity index is 2.81. The summed E-state index contributed by atoms with van der Waals surface area (Å²) in [5.41, 5.74) is 5.38. The van der Waals surface area contributed by atoms with Crippen LogP contribution in [0.25, 0.3) is 0 Å². The molecule has 0 spiro atoms. The molecule has 1 rings (SSSR count). The highest BCUT2D eigenvalue weighted by Crippen LogP contribution is 2.15. The minimum Gasteiger partial charge on any atom is -0.276 e. The molecule has 0 aliphatic carbocycles. The van der Waals surface area contributed by atoms with Crippen LogP contribution >= 0.6 is 0 Å². The van der Waals surface area contributed by atoms with Gasteiger partial charge in [0.25, 0.3) is 0 Å². The quantitative estimate of drug-likeness (QED) is 0.718. The van der Waals surface area contributed by atoms with E-state index in [2.05, 4.69) is 11.5 Å². The minimum atomic E-state index is 0.611. The van der Waals surface area contributed by atoms with Gasteiger partial charge in [-0.2, -0.15) is 5.26 Å². The Morgan fingerprint density at radius 2 is 2.31 bits per heavy atom. The number of nitriles is 1. The van der Waals surface area contributed by atoms with Crippen LogP contribution in [0.1, 0.15) is 18.1 Å². The Bertz CT molecular complexity index is 328. The van der Waals surface area contributed by atoms with Crippen LogP contribution in [0.2, 0.25) is 0 Å². The fourth-order valence-corrected chi connectivity index (χ4v) is 0.998. The maximum atomic E-state index is 8.63. The fourth-order valence-electron chi connectivity index (χ4n) is 0.998. The summed E-state index contributed by atoms with van der Waals surface area (Å²) in [6.45, 7) is 4.45. The van der Waals surface area contributed by atoms with E-state index >= 15 is 0 Å². The summed E-state index contributed by atoms with van der Waals surface area (Å²) in [4.78, 5) is 5.04. The third kappa shape index (κ3) is 2.46. The lowest BCUT2D eigenvalue weighted by molar-refractivity contribution is 0.210. The van der Waals surface area contributed by atoms with Gasteiger partial charge >= 0.3 is 0 Å². The standard InChI is InChI=1S/C10H12N2O/c1-3-13-12-10-5-4-9(7-11)6-8(10)2/h4-6,12H,3H2,1-2H3. The number of benzene rings is 1. The Hall–Kier alpha value is -1.53. The monoisotopic (exact) mass is 176 g/mol. The molecule has 0 aliphatic rings. The summed E-state index contributed by atoms with van der Waals surface area (Å²) in [6, 6.07) is 7.50. The Labute approximate surface area is 77.9 Å². The topological polar surface area (TPSA) is 45.0 Å². The average molecular weight is 176 g/mol. The minimum absolute atomic E-state index is 0.611. The zero-order valence-corrected chi connectivity index (χ0v) is 7.79. The first-order valence-electron chi connectivity index (χ1n) is 4.16. The smallest absolute Gasteiger partial charge is 0.0991 e. The van der Waals surface area contributed by atoms with Crippen molar-refractivity contribution in [3.05, 3.63) is 29.3 Å². The van der Waals surface area contributed by atoms with E-state index < -0.39 is 0 Å². The fraction of sp³-hybridized carbons (Fsp3) is 0.300. The van der Waals surface area contributed by atoms with Crippen LogP contribution in [0.4, 0.5) is 5.69 Å². The van der Waals surface area contributed by atoms with Crippen LogP contribution in [0.15, 0.2) is 18.2 Å². The van der Waals surface area contributed by atoms with E-state index in [1.165, 1.54) is 0 Å². The summed E-state index contributed by atoms with van der Waals surface area (Å²) in [5, 5.41) is 8.63. The van der Waals surface area contributed by atoms with Crippen molar-refractivity contribution in [2.24, 2.45) is 0 Å². The molecule has 0 unspecified atom stereocenters. The van der Waals surface area contributed by atoms with Gasteiger partial charge in [-0.3, -0.25) is 10.3 Å². The van der Waals surface area contributed by atoms with Crippen molar-refractivity contribution in [1.29, 1.82) is 5.26 Å². The highest BCUT2D eigenvalue weighted by atomic mass is 16.6. The third-order valence-electron chi connectivity index (χ3n) is 1.68. The molecular formula is C10H12N2O. The van der Waals surface area contributed by atoms with E-state index in [-0.39, 0.29) is 0 Å². The molecule has 0 aromatic heterocycles. The van der Waals surface area contributed by atoms with E-state index in [9.17, 15) is 0 Å². The number of rotatable bonds is 3. The molecule has 1 aromatic carbocycles. The second kappa shape index (κ2) is 4.48. The SMILES string of the molecule is CCONc1ccc(C#N)cc1C. The van der Waals surface area contributed by atoms with Gasteiger partial charge in [-0.05, 0) is 37.6 Å². The number of hydrogen-bond acceptors (Lipinski definition) is 3. The van der Waals surface area contributed by atoms with Gasteiger partial charge in [-0.15, -0.1) is 0 Å². The van der Waals surface area contributed by atoms with E-state index in [0.717, 1.165) is 11.3 Å². The molecule has 13 heavy (non-hydrogen) atoms. The van der Waals surface area contributed by atoms with Gasteiger partial charge in [-0.25, -0.2) is 0 Å². The van der Waals surface area contributed by atoms with Crippen LogP contribution in [0, 0.1) is 18.3 Å². The predicted molar refractivity (Wildman–Crippen MR) is 51.1 cm³/mol. The summed E-state index contributed by atoms with van der Waals surface area (Å²) in [7, 11) is 0. The Morgan fingerprint density at radius 3 is 2.85 bits per heavy atom. The first-order chi connectivity index (χ1) is 6.27. The average Bonchev–Trinajstić information content (AvgIpc) is 2.16. The van der Waals surface area contributed by atoms with Crippen molar-refractivity contribution in [2.45, 2.75) is 13.8 Å². The van der Waals surface area contributed by atoms with Crippen molar-refractivity contribution in [2.75, 3.05) is 12.1 Å². The normalized spacial score (nSPS) is 9.31. The highest BCUT2D eigenvalue weighted by molar-refractivity contribution is 5.52. The molecule has 0 atom stereocenters. The predicted octanol–water partition coefficient (Wildman–Crippen LogP) is 2.23. The molecule has 0 amide bonds. The number of nitrogens with one attached hydrogen (secondary N) is 1. The maximum absolute atomic E-state index is 8.63. The second-order valence-corrected chi connectivity index (χ2v) is 2.68. The van der Waals surface area contributed by atoms with E-state index in [0.29, 0.717) is 12.2 Å². The number of anilines is 1. The number of nitrogens with zero attached hydrogens (tertiary/aromatic N) is 1. The van der Waals surface area contributed by atoms with E-state index in [1.807, 2.05) is 26.0 Å². The molecule has 0 aliphatic heterocycles. The van der Waals surface area contributed by atoms with Gasteiger partial charge in [0.15, 0.2) is 0 Å². The van der Waals surface area contributed by atoms with Gasteiger partial charge in [0, 0.05) is 0 Å². The van der Waals surface area contributed by atoms with E-state index in [4.69, 9.17) is 10.1 Å². The molecule has 3 nitrogen and oxygen atoms in total.